The maximum atomic E-state index is 14.3. The molecule has 1 N–H and O–H groups in total. The Hall–Kier alpha value is -2.70. The molecule has 1 atom stereocenters. The molecule has 0 bridgehead atoms. The molecule has 1 aliphatic rings. The molecule has 2 aromatic rings. The van der Waals surface area contributed by atoms with Crippen LogP contribution in [-0.4, -0.2) is 39.4 Å². The third kappa shape index (κ3) is 3.87. The number of aliphatic imine (C=N–C) groups is 1. The van der Waals surface area contributed by atoms with Crippen LogP contribution in [0.4, 0.5) is 9.18 Å². The average Bonchev–Trinajstić information content (AvgIpc) is 3.22. The highest BCUT2D eigenvalue weighted by Gasteiger charge is 2.38. The van der Waals surface area contributed by atoms with Gasteiger partial charge in [0, 0.05) is 37.6 Å². The van der Waals surface area contributed by atoms with Crippen LogP contribution in [-0.2, 0) is 6.54 Å². The van der Waals surface area contributed by atoms with Crippen molar-refractivity contribution in [1.29, 1.82) is 0 Å². The predicted octanol–water partition coefficient (Wildman–Crippen LogP) is 2.99. The number of imidazole rings is 1. The van der Waals surface area contributed by atoms with Crippen molar-refractivity contribution < 1.29 is 9.18 Å². The Balaban J connectivity index is 1.80. The highest BCUT2D eigenvalue weighted by Crippen LogP contribution is 2.28. The molecule has 7 heteroatoms. The molecule has 1 saturated heterocycles. The van der Waals surface area contributed by atoms with Crippen molar-refractivity contribution in [2.45, 2.75) is 32.4 Å². The molecule has 0 aliphatic carbocycles. The van der Waals surface area contributed by atoms with Gasteiger partial charge in [0.15, 0.2) is 0 Å². The van der Waals surface area contributed by atoms with Gasteiger partial charge in [-0.25, -0.2) is 14.2 Å². The van der Waals surface area contributed by atoms with E-state index >= 15 is 0 Å². The monoisotopic (exact) mass is 343 g/mol. The average molecular weight is 343 g/mol. The van der Waals surface area contributed by atoms with Gasteiger partial charge in [0.2, 0.25) is 0 Å². The van der Waals surface area contributed by atoms with Crippen molar-refractivity contribution in [3.05, 3.63) is 54.4 Å². The Bertz CT molecular complexity index is 744. The Labute approximate surface area is 146 Å². The number of amidine groups is 1. The number of nitrogens with one attached hydrogen (secondary N) is 1. The van der Waals surface area contributed by atoms with E-state index < -0.39 is 6.04 Å². The number of hydrogen-bond acceptors (Lipinski definition) is 3. The summed E-state index contributed by atoms with van der Waals surface area (Å²) in [7, 11) is 0. The lowest BCUT2D eigenvalue weighted by Crippen LogP contribution is -2.31. The van der Waals surface area contributed by atoms with Crippen LogP contribution in [0, 0.1) is 5.82 Å². The standard InChI is InChI=1S/C18H22FN5O/c1-2-8-21-17-16(14-6-3-4-7-15(14)19)24(18(25)22-17)11-5-10-23-12-9-20-13-23/h3-4,6-7,9,12-13,16H,2,5,8,10-11H2,1H3,(H,21,22,25). The fraction of sp³-hybridized carbons (Fsp3) is 0.389. The summed E-state index contributed by atoms with van der Waals surface area (Å²) in [6.45, 7) is 3.87. The Morgan fingerprint density at radius 2 is 2.16 bits per heavy atom. The first-order valence-corrected chi connectivity index (χ1v) is 8.53. The fourth-order valence-corrected chi connectivity index (χ4v) is 2.96. The number of amides is 2. The molecule has 1 aliphatic heterocycles. The van der Waals surface area contributed by atoms with E-state index in [9.17, 15) is 9.18 Å². The molecule has 2 heterocycles. The van der Waals surface area contributed by atoms with Crippen molar-refractivity contribution in [3.8, 4) is 0 Å². The minimum Gasteiger partial charge on any atom is -0.337 e. The lowest BCUT2D eigenvalue weighted by atomic mass is 10.0. The maximum absolute atomic E-state index is 14.3. The molecule has 132 valence electrons. The fourth-order valence-electron chi connectivity index (χ4n) is 2.96. The summed E-state index contributed by atoms with van der Waals surface area (Å²) >= 11 is 0. The van der Waals surface area contributed by atoms with E-state index in [2.05, 4.69) is 15.3 Å². The number of aromatic nitrogens is 2. The molecule has 1 fully saturated rings. The second kappa shape index (κ2) is 7.92. The lowest BCUT2D eigenvalue weighted by molar-refractivity contribution is 0.203. The largest absolute Gasteiger partial charge is 0.337 e. The smallest absolute Gasteiger partial charge is 0.323 e. The highest BCUT2D eigenvalue weighted by molar-refractivity contribution is 6.07. The summed E-state index contributed by atoms with van der Waals surface area (Å²) in [4.78, 5) is 22.6. The van der Waals surface area contributed by atoms with Crippen LogP contribution in [0.3, 0.4) is 0 Å². The van der Waals surface area contributed by atoms with Gasteiger partial charge in [-0.1, -0.05) is 25.1 Å². The summed E-state index contributed by atoms with van der Waals surface area (Å²) in [5.74, 6) is 0.201. The van der Waals surface area contributed by atoms with Gasteiger partial charge in [0.25, 0.3) is 0 Å². The van der Waals surface area contributed by atoms with Gasteiger partial charge < -0.3 is 9.47 Å². The van der Waals surface area contributed by atoms with E-state index in [0.29, 0.717) is 24.5 Å². The van der Waals surface area contributed by atoms with Crippen LogP contribution in [0.1, 0.15) is 31.4 Å². The second-order valence-electron chi connectivity index (χ2n) is 5.97. The first kappa shape index (κ1) is 17.1. The summed E-state index contributed by atoms with van der Waals surface area (Å²) < 4.78 is 16.3. The number of urea groups is 1. The third-order valence-corrected chi connectivity index (χ3v) is 4.15. The summed E-state index contributed by atoms with van der Waals surface area (Å²) in [5.41, 5.74) is 0.471. The van der Waals surface area contributed by atoms with Crippen LogP contribution < -0.4 is 5.32 Å². The quantitative estimate of drug-likeness (QED) is 0.840. The first-order chi connectivity index (χ1) is 12.2. The summed E-state index contributed by atoms with van der Waals surface area (Å²) in [6, 6.07) is 5.83. The van der Waals surface area contributed by atoms with E-state index in [0.717, 1.165) is 19.4 Å². The highest BCUT2D eigenvalue weighted by atomic mass is 19.1. The van der Waals surface area contributed by atoms with Crippen LogP contribution >= 0.6 is 0 Å². The van der Waals surface area contributed by atoms with E-state index in [1.165, 1.54) is 6.07 Å². The zero-order valence-electron chi connectivity index (χ0n) is 14.2. The molecule has 6 nitrogen and oxygen atoms in total. The van der Waals surface area contributed by atoms with Gasteiger partial charge >= 0.3 is 6.03 Å². The van der Waals surface area contributed by atoms with Crippen molar-refractivity contribution in [3.63, 3.8) is 0 Å². The van der Waals surface area contributed by atoms with E-state index in [1.807, 2.05) is 17.7 Å². The zero-order valence-corrected chi connectivity index (χ0v) is 14.2. The van der Waals surface area contributed by atoms with Gasteiger partial charge in [0.1, 0.15) is 17.7 Å². The van der Waals surface area contributed by atoms with Crippen LogP contribution in [0.25, 0.3) is 0 Å². The number of halogens is 1. The first-order valence-electron chi connectivity index (χ1n) is 8.53. The Kier molecular flexibility index (Phi) is 5.42. The molecule has 25 heavy (non-hydrogen) atoms. The number of nitrogens with zero attached hydrogens (tertiary/aromatic N) is 4. The second-order valence-corrected chi connectivity index (χ2v) is 5.97. The van der Waals surface area contributed by atoms with Gasteiger partial charge in [-0.3, -0.25) is 10.3 Å². The maximum Gasteiger partial charge on any atom is 0.323 e. The Morgan fingerprint density at radius 3 is 2.88 bits per heavy atom. The topological polar surface area (TPSA) is 62.5 Å². The van der Waals surface area contributed by atoms with Crippen molar-refractivity contribution in [2.24, 2.45) is 4.99 Å². The lowest BCUT2D eigenvalue weighted by Gasteiger charge is -2.23. The van der Waals surface area contributed by atoms with Crippen molar-refractivity contribution in [2.75, 3.05) is 13.1 Å². The number of hydrogen-bond donors (Lipinski definition) is 1. The summed E-state index contributed by atoms with van der Waals surface area (Å²) in [5, 5.41) is 2.81. The van der Waals surface area contributed by atoms with Gasteiger partial charge in [-0.05, 0) is 18.9 Å². The molecule has 1 aromatic heterocycles. The van der Waals surface area contributed by atoms with Gasteiger partial charge in [0.05, 0.1) is 6.33 Å². The number of benzene rings is 1. The molecule has 0 spiro atoms. The van der Waals surface area contributed by atoms with E-state index in [-0.39, 0.29) is 11.8 Å². The van der Waals surface area contributed by atoms with Crippen LogP contribution in [0.15, 0.2) is 48.0 Å². The van der Waals surface area contributed by atoms with Gasteiger partial charge in [-0.15, -0.1) is 0 Å². The third-order valence-electron chi connectivity index (χ3n) is 4.15. The number of aryl methyl sites for hydroxylation is 1. The molecular formula is C18H22FN5O. The zero-order chi connectivity index (χ0) is 17.6. The van der Waals surface area contributed by atoms with Crippen molar-refractivity contribution >= 4 is 11.9 Å². The number of rotatable bonds is 7. The Morgan fingerprint density at radius 1 is 1.32 bits per heavy atom. The van der Waals surface area contributed by atoms with Gasteiger partial charge in [-0.2, -0.15) is 0 Å². The molecule has 2 amide bonds. The molecular weight excluding hydrogens is 321 g/mol. The SMILES string of the molecule is CCCN=C1NC(=O)N(CCCn2ccnc2)C1c1ccccc1F. The summed E-state index contributed by atoms with van der Waals surface area (Å²) in [6.07, 6.45) is 6.96. The minimum atomic E-state index is -0.497. The number of carbonyl (C=O) groups excluding carboxylic acids is 1. The normalized spacial score (nSPS) is 18.8. The molecule has 1 unspecified atom stereocenters. The minimum absolute atomic E-state index is 0.228. The molecule has 0 saturated carbocycles. The van der Waals surface area contributed by atoms with Crippen LogP contribution in [0.5, 0.6) is 0 Å². The molecule has 0 radical (unpaired) electrons. The van der Waals surface area contributed by atoms with Crippen molar-refractivity contribution in [1.82, 2.24) is 19.8 Å². The van der Waals surface area contributed by atoms with Crippen LogP contribution in [0.2, 0.25) is 0 Å². The molecule has 3 rings (SSSR count). The predicted molar refractivity (Wildman–Crippen MR) is 93.8 cm³/mol. The van der Waals surface area contributed by atoms with E-state index in [4.69, 9.17) is 0 Å². The van der Waals surface area contributed by atoms with E-state index in [1.54, 1.807) is 35.6 Å². The number of carbonyl (C=O) groups is 1. The molecule has 1 aromatic carbocycles.